The van der Waals surface area contributed by atoms with Crippen LogP contribution in [0.15, 0.2) is 48.5 Å². The Morgan fingerprint density at radius 2 is 1.71 bits per heavy atom. The van der Waals surface area contributed by atoms with Crippen LogP contribution in [-0.2, 0) is 16.0 Å². The van der Waals surface area contributed by atoms with Gasteiger partial charge < -0.3 is 15.4 Å². The summed E-state index contributed by atoms with van der Waals surface area (Å²) in [5.41, 5.74) is 2.38. The number of nitrogens with one attached hydrogen (secondary N) is 2. The van der Waals surface area contributed by atoms with Crippen molar-refractivity contribution in [3.63, 3.8) is 0 Å². The van der Waals surface area contributed by atoms with Crippen LogP contribution in [0.3, 0.4) is 0 Å². The van der Waals surface area contributed by atoms with Gasteiger partial charge in [0.15, 0.2) is 0 Å². The van der Waals surface area contributed by atoms with Crippen molar-refractivity contribution in [3.05, 3.63) is 81.1 Å². The SMILES string of the molecule is COC(=O)CNC(=O)c1ccc(NC(=O)c2sc(Cc3ccc(F)cc3)nc2C)cc1. The number of thiazole rings is 1. The lowest BCUT2D eigenvalue weighted by atomic mass is 10.1. The fraction of sp³-hybridized carbons (Fsp3) is 0.182. The average Bonchev–Trinajstić information content (AvgIpc) is 3.14. The quantitative estimate of drug-likeness (QED) is 0.548. The number of halogens is 1. The summed E-state index contributed by atoms with van der Waals surface area (Å²) in [5.74, 6) is -1.57. The molecule has 0 fully saturated rings. The molecule has 2 amide bonds. The molecule has 0 aliphatic rings. The van der Waals surface area contributed by atoms with E-state index in [1.165, 1.54) is 30.6 Å². The number of benzene rings is 2. The smallest absolute Gasteiger partial charge is 0.325 e. The van der Waals surface area contributed by atoms with Gasteiger partial charge in [0.25, 0.3) is 11.8 Å². The third kappa shape index (κ3) is 5.95. The summed E-state index contributed by atoms with van der Waals surface area (Å²) in [7, 11) is 1.24. The molecule has 0 spiro atoms. The Hall–Kier alpha value is -3.59. The van der Waals surface area contributed by atoms with Crippen LogP contribution in [0, 0.1) is 12.7 Å². The molecule has 9 heteroatoms. The molecule has 2 aromatic carbocycles. The number of aromatic nitrogens is 1. The maximum atomic E-state index is 13.1. The summed E-state index contributed by atoms with van der Waals surface area (Å²) in [5, 5.41) is 5.98. The fourth-order valence-electron chi connectivity index (χ4n) is 2.73. The highest BCUT2D eigenvalue weighted by molar-refractivity contribution is 7.14. The lowest BCUT2D eigenvalue weighted by Crippen LogP contribution is -2.30. The number of anilines is 1. The van der Waals surface area contributed by atoms with Crippen LogP contribution < -0.4 is 10.6 Å². The van der Waals surface area contributed by atoms with Gasteiger partial charge in [-0.1, -0.05) is 12.1 Å². The van der Waals surface area contributed by atoms with Crippen LogP contribution in [-0.4, -0.2) is 36.4 Å². The number of amides is 2. The first kappa shape index (κ1) is 22.1. The van der Waals surface area contributed by atoms with Gasteiger partial charge >= 0.3 is 5.97 Å². The third-order valence-corrected chi connectivity index (χ3v) is 5.50. The van der Waals surface area contributed by atoms with E-state index in [0.717, 1.165) is 10.6 Å². The van der Waals surface area contributed by atoms with Crippen LogP contribution in [0.25, 0.3) is 0 Å². The highest BCUT2D eigenvalue weighted by atomic mass is 32.1. The van der Waals surface area contributed by atoms with Crippen LogP contribution in [0.4, 0.5) is 10.1 Å². The molecule has 1 aromatic heterocycles. The summed E-state index contributed by atoms with van der Waals surface area (Å²) in [6.07, 6.45) is 0.508. The predicted octanol–water partition coefficient (Wildman–Crippen LogP) is 3.34. The van der Waals surface area contributed by atoms with E-state index < -0.39 is 11.9 Å². The van der Waals surface area contributed by atoms with Gasteiger partial charge in [-0.05, 0) is 48.9 Å². The number of carbonyl (C=O) groups excluding carboxylic acids is 3. The van der Waals surface area contributed by atoms with Crippen molar-refractivity contribution in [2.45, 2.75) is 13.3 Å². The van der Waals surface area contributed by atoms with E-state index in [4.69, 9.17) is 0 Å². The Bertz CT molecular complexity index is 1090. The first-order chi connectivity index (χ1) is 14.9. The average molecular weight is 441 g/mol. The molecule has 31 heavy (non-hydrogen) atoms. The van der Waals surface area contributed by atoms with Crippen molar-refractivity contribution in [2.75, 3.05) is 19.0 Å². The molecule has 0 atom stereocenters. The zero-order chi connectivity index (χ0) is 22.4. The minimum Gasteiger partial charge on any atom is -0.468 e. The Morgan fingerprint density at radius 1 is 1.03 bits per heavy atom. The van der Waals surface area contributed by atoms with Crippen LogP contribution >= 0.6 is 11.3 Å². The molecular formula is C22H20FN3O4S. The molecule has 0 bridgehead atoms. The monoisotopic (exact) mass is 441 g/mol. The van der Waals surface area contributed by atoms with Gasteiger partial charge in [-0.3, -0.25) is 14.4 Å². The highest BCUT2D eigenvalue weighted by Gasteiger charge is 2.16. The van der Waals surface area contributed by atoms with Crippen LogP contribution in [0.1, 0.15) is 36.3 Å². The summed E-state index contributed by atoms with van der Waals surface area (Å²) >= 11 is 1.28. The summed E-state index contributed by atoms with van der Waals surface area (Å²) in [6.45, 7) is 1.53. The van der Waals surface area contributed by atoms with Gasteiger partial charge in [-0.2, -0.15) is 0 Å². The second-order valence-electron chi connectivity index (χ2n) is 6.62. The molecule has 0 unspecified atom stereocenters. The molecule has 2 N–H and O–H groups in total. The Labute approximate surface area is 182 Å². The van der Waals surface area contributed by atoms with Crippen LogP contribution in [0.5, 0.6) is 0 Å². The first-order valence-electron chi connectivity index (χ1n) is 9.33. The second kappa shape index (κ2) is 9.94. The number of nitrogens with zero attached hydrogens (tertiary/aromatic N) is 1. The third-order valence-electron chi connectivity index (χ3n) is 4.34. The maximum absolute atomic E-state index is 13.1. The Balaban J connectivity index is 1.62. The number of ether oxygens (including phenoxy) is 1. The summed E-state index contributed by atoms with van der Waals surface area (Å²) < 4.78 is 17.5. The molecule has 160 valence electrons. The van der Waals surface area contributed by atoms with Gasteiger partial charge in [0.05, 0.1) is 17.8 Å². The van der Waals surface area contributed by atoms with E-state index in [2.05, 4.69) is 20.4 Å². The predicted molar refractivity (Wildman–Crippen MR) is 115 cm³/mol. The van der Waals surface area contributed by atoms with Crippen molar-refractivity contribution in [1.29, 1.82) is 0 Å². The molecule has 0 saturated carbocycles. The van der Waals surface area contributed by atoms with Crippen LogP contribution in [0.2, 0.25) is 0 Å². The molecule has 0 saturated heterocycles. The number of carbonyl (C=O) groups is 3. The van der Waals surface area contributed by atoms with E-state index in [0.29, 0.717) is 28.2 Å². The Morgan fingerprint density at radius 3 is 2.35 bits per heavy atom. The largest absolute Gasteiger partial charge is 0.468 e. The van der Waals surface area contributed by atoms with E-state index in [9.17, 15) is 18.8 Å². The van der Waals surface area contributed by atoms with E-state index in [1.807, 2.05) is 0 Å². The number of hydrogen-bond acceptors (Lipinski definition) is 6. The number of methoxy groups -OCH3 is 1. The van der Waals surface area contributed by atoms with E-state index in [-0.39, 0.29) is 18.3 Å². The minimum absolute atomic E-state index is 0.223. The van der Waals surface area contributed by atoms with Gasteiger partial charge in [0.1, 0.15) is 17.2 Å². The van der Waals surface area contributed by atoms with Crippen molar-refractivity contribution >= 4 is 34.8 Å². The Kier molecular flexibility index (Phi) is 7.09. The molecule has 7 nitrogen and oxygen atoms in total. The van der Waals surface area contributed by atoms with E-state index >= 15 is 0 Å². The molecule has 1 heterocycles. The topological polar surface area (TPSA) is 97.4 Å². The highest BCUT2D eigenvalue weighted by Crippen LogP contribution is 2.22. The standard InChI is InChI=1S/C22H20FN3O4S/c1-13-20(31-18(25-13)11-14-3-7-16(23)8-4-14)22(29)26-17-9-5-15(6-10-17)21(28)24-12-19(27)30-2/h3-10H,11-12H2,1-2H3,(H,24,28)(H,26,29). The van der Waals surface area contributed by atoms with Crippen molar-refractivity contribution in [1.82, 2.24) is 10.3 Å². The zero-order valence-electron chi connectivity index (χ0n) is 16.9. The fourth-order valence-corrected chi connectivity index (χ4v) is 3.73. The normalized spacial score (nSPS) is 10.4. The van der Waals surface area contributed by atoms with Gasteiger partial charge in [-0.25, -0.2) is 9.37 Å². The lowest BCUT2D eigenvalue weighted by molar-refractivity contribution is -0.139. The molecule has 0 aliphatic heterocycles. The molecule has 3 rings (SSSR count). The summed E-state index contributed by atoms with van der Waals surface area (Å²) in [4.78, 5) is 40.7. The molecule has 3 aromatic rings. The molecule has 0 radical (unpaired) electrons. The van der Waals surface area contributed by atoms with Crippen molar-refractivity contribution < 1.29 is 23.5 Å². The van der Waals surface area contributed by atoms with Gasteiger partial charge in [-0.15, -0.1) is 11.3 Å². The van der Waals surface area contributed by atoms with Gasteiger partial charge in [0.2, 0.25) is 0 Å². The molecule has 0 aliphatic carbocycles. The molecular weight excluding hydrogens is 421 g/mol. The second-order valence-corrected chi connectivity index (χ2v) is 7.70. The maximum Gasteiger partial charge on any atom is 0.325 e. The lowest BCUT2D eigenvalue weighted by Gasteiger charge is -2.07. The van der Waals surface area contributed by atoms with E-state index in [1.54, 1.807) is 43.3 Å². The minimum atomic E-state index is -0.545. The number of aryl methyl sites for hydroxylation is 1. The number of hydrogen-bond donors (Lipinski definition) is 2. The van der Waals surface area contributed by atoms with Gasteiger partial charge in [0, 0.05) is 17.7 Å². The first-order valence-corrected chi connectivity index (χ1v) is 10.1. The van der Waals surface area contributed by atoms with Crippen molar-refractivity contribution in [3.8, 4) is 0 Å². The van der Waals surface area contributed by atoms with Crippen molar-refractivity contribution in [2.24, 2.45) is 0 Å². The number of rotatable bonds is 7. The summed E-state index contributed by atoms with van der Waals surface area (Å²) in [6, 6.07) is 12.4. The number of esters is 1. The zero-order valence-corrected chi connectivity index (χ0v) is 17.7.